The number of allylic oxidation sites excluding steroid dienone is 1. The Morgan fingerprint density at radius 1 is 1.36 bits per heavy atom. The number of alkyl halides is 1. The maximum Gasteiger partial charge on any atom is 0.348 e. The second-order valence-corrected chi connectivity index (χ2v) is 6.23. The number of aldehydes is 1. The van der Waals surface area contributed by atoms with E-state index in [4.69, 9.17) is 11.6 Å². The number of hydrogen-bond donors (Lipinski definition) is 0. The summed E-state index contributed by atoms with van der Waals surface area (Å²) in [6.07, 6.45) is 7.82. The minimum Gasteiger partial charge on any atom is -0.465 e. The summed E-state index contributed by atoms with van der Waals surface area (Å²) in [6.45, 7) is 5.94. The molecule has 0 saturated heterocycles. The van der Waals surface area contributed by atoms with Crippen LogP contribution in [0.2, 0.25) is 0 Å². The molecule has 0 N–H and O–H groups in total. The Hall–Kier alpha value is -1.13. The van der Waals surface area contributed by atoms with Crippen molar-refractivity contribution in [3.8, 4) is 0 Å². The predicted octanol–water partition coefficient (Wildman–Crippen LogP) is 5.19. The van der Waals surface area contributed by atoms with Crippen molar-refractivity contribution >= 4 is 41.3 Å². The van der Waals surface area contributed by atoms with E-state index >= 15 is 0 Å². The normalized spacial score (nSPS) is 19.7. The van der Waals surface area contributed by atoms with E-state index in [1.165, 1.54) is 18.4 Å². The van der Waals surface area contributed by atoms with E-state index in [-0.39, 0.29) is 17.3 Å². The van der Waals surface area contributed by atoms with E-state index in [0.29, 0.717) is 4.88 Å². The molecule has 5 heteroatoms. The van der Waals surface area contributed by atoms with Gasteiger partial charge < -0.3 is 9.53 Å². The van der Waals surface area contributed by atoms with E-state index in [1.807, 2.05) is 39.0 Å². The Bertz CT molecular complexity index is 468. The summed E-state index contributed by atoms with van der Waals surface area (Å²) in [5.74, 6) is -0.00625. The highest BCUT2D eigenvalue weighted by Crippen LogP contribution is 2.27. The predicted molar refractivity (Wildman–Crippen MR) is 94.8 cm³/mol. The highest BCUT2D eigenvalue weighted by molar-refractivity contribution is 7.14. The number of esters is 1. The minimum absolute atomic E-state index is 0.262. The van der Waals surface area contributed by atoms with Crippen molar-refractivity contribution in [3.63, 3.8) is 0 Å². The molecular weight excluding hydrogens is 320 g/mol. The summed E-state index contributed by atoms with van der Waals surface area (Å²) in [4.78, 5) is 22.8. The maximum absolute atomic E-state index is 11.0. The van der Waals surface area contributed by atoms with Crippen LogP contribution in [0.1, 0.15) is 54.6 Å². The molecule has 0 radical (unpaired) electrons. The van der Waals surface area contributed by atoms with Gasteiger partial charge in [0.15, 0.2) is 0 Å². The van der Waals surface area contributed by atoms with Gasteiger partial charge in [0.1, 0.15) is 11.2 Å². The molecule has 3 nitrogen and oxygen atoms in total. The lowest BCUT2D eigenvalue weighted by molar-refractivity contribution is -0.110. The highest BCUT2D eigenvalue weighted by atomic mass is 35.5. The lowest BCUT2D eigenvalue weighted by Crippen LogP contribution is -1.96. The van der Waals surface area contributed by atoms with Crippen molar-refractivity contribution in [3.05, 3.63) is 28.0 Å². The smallest absolute Gasteiger partial charge is 0.348 e. The van der Waals surface area contributed by atoms with Crippen molar-refractivity contribution in [2.24, 2.45) is 5.92 Å². The second-order valence-electron chi connectivity index (χ2n) is 4.50. The number of halogens is 1. The van der Waals surface area contributed by atoms with E-state index < -0.39 is 0 Å². The van der Waals surface area contributed by atoms with E-state index in [9.17, 15) is 9.59 Å². The van der Waals surface area contributed by atoms with Gasteiger partial charge in [-0.3, -0.25) is 0 Å². The van der Waals surface area contributed by atoms with Gasteiger partial charge in [0.25, 0.3) is 0 Å². The van der Waals surface area contributed by atoms with Gasteiger partial charge in [-0.15, -0.1) is 22.9 Å². The molecule has 0 aliphatic heterocycles. The molecule has 22 heavy (non-hydrogen) atoms. The Morgan fingerprint density at radius 2 is 2.05 bits per heavy atom. The zero-order valence-corrected chi connectivity index (χ0v) is 15.2. The zero-order valence-electron chi connectivity index (χ0n) is 13.7. The lowest BCUT2D eigenvalue weighted by Gasteiger charge is -1.93. The molecule has 0 aromatic carbocycles. The van der Waals surface area contributed by atoms with Crippen molar-refractivity contribution in [1.29, 1.82) is 0 Å². The number of rotatable bonds is 3. The van der Waals surface area contributed by atoms with Crippen molar-refractivity contribution in [1.82, 2.24) is 0 Å². The van der Waals surface area contributed by atoms with Crippen molar-refractivity contribution < 1.29 is 14.3 Å². The molecule has 1 fully saturated rings. The van der Waals surface area contributed by atoms with E-state index in [1.54, 1.807) is 6.07 Å². The largest absolute Gasteiger partial charge is 0.465 e. The monoisotopic (exact) mass is 344 g/mol. The first-order valence-corrected chi connectivity index (χ1v) is 8.76. The standard InChI is InChI=1S/C9H10O2S.C6H9ClO.C2H6/c1-3-4-7-5-6-8(12-7)9(10)11-2;7-6-2-1-5(3-6)4-8;1-2/h3-6H,1-2H3;4-6H,1-3H2;1-2H3/b4-3+;;. The Labute approximate surface area is 142 Å². The Kier molecular flexibility index (Phi) is 11.8. The van der Waals surface area contributed by atoms with Gasteiger partial charge in [0.05, 0.1) is 7.11 Å². The van der Waals surface area contributed by atoms with Gasteiger partial charge >= 0.3 is 5.97 Å². The fourth-order valence-electron chi connectivity index (χ4n) is 1.90. The van der Waals surface area contributed by atoms with Gasteiger partial charge in [-0.2, -0.15) is 0 Å². The van der Waals surface area contributed by atoms with Gasteiger partial charge in [-0.25, -0.2) is 4.79 Å². The maximum atomic E-state index is 11.0. The number of carbonyl (C=O) groups excluding carboxylic acids is 2. The van der Waals surface area contributed by atoms with Gasteiger partial charge in [-0.1, -0.05) is 19.9 Å². The first-order valence-electron chi connectivity index (χ1n) is 7.51. The number of carbonyl (C=O) groups is 2. The van der Waals surface area contributed by atoms with Gasteiger partial charge in [0.2, 0.25) is 0 Å². The van der Waals surface area contributed by atoms with Crippen LogP contribution in [-0.4, -0.2) is 24.7 Å². The van der Waals surface area contributed by atoms with Gasteiger partial charge in [0, 0.05) is 16.2 Å². The first kappa shape index (κ1) is 20.9. The van der Waals surface area contributed by atoms with Crippen LogP contribution in [0.4, 0.5) is 0 Å². The highest BCUT2D eigenvalue weighted by Gasteiger charge is 2.21. The molecule has 1 saturated carbocycles. The molecule has 1 aliphatic carbocycles. The Balaban J connectivity index is 0.000000382. The van der Waals surface area contributed by atoms with Crippen LogP contribution in [0, 0.1) is 5.92 Å². The SMILES string of the molecule is C/C=C/c1ccc(C(=O)OC)s1.CC.O=CC1CCC(Cl)C1. The molecule has 0 bridgehead atoms. The summed E-state index contributed by atoms with van der Waals surface area (Å²) in [5, 5.41) is 0.269. The number of methoxy groups -OCH3 is 1. The van der Waals surface area contributed by atoms with Gasteiger partial charge in [-0.05, 0) is 44.4 Å². The summed E-state index contributed by atoms with van der Waals surface area (Å²) < 4.78 is 4.58. The van der Waals surface area contributed by atoms with Crippen LogP contribution in [0.5, 0.6) is 0 Å². The summed E-state index contributed by atoms with van der Waals surface area (Å²) in [7, 11) is 1.39. The Morgan fingerprint density at radius 3 is 2.45 bits per heavy atom. The molecule has 124 valence electrons. The molecule has 2 atom stereocenters. The molecule has 0 amide bonds. The molecule has 1 heterocycles. The van der Waals surface area contributed by atoms with E-state index in [2.05, 4.69) is 4.74 Å². The fraction of sp³-hybridized carbons (Fsp3) is 0.529. The third kappa shape index (κ3) is 7.76. The number of hydrogen-bond acceptors (Lipinski definition) is 4. The number of ether oxygens (including phenoxy) is 1. The molecule has 0 spiro atoms. The van der Waals surface area contributed by atoms with E-state index in [0.717, 1.165) is 30.4 Å². The second kappa shape index (κ2) is 12.4. The van der Waals surface area contributed by atoms with Crippen LogP contribution in [0.3, 0.4) is 0 Å². The van der Waals surface area contributed by atoms with Crippen molar-refractivity contribution in [2.75, 3.05) is 7.11 Å². The van der Waals surface area contributed by atoms with Crippen LogP contribution in [-0.2, 0) is 9.53 Å². The average molecular weight is 345 g/mol. The third-order valence-corrected chi connectivity index (χ3v) is 4.37. The lowest BCUT2D eigenvalue weighted by atomic mass is 10.1. The van der Waals surface area contributed by atoms with Crippen molar-refractivity contribution in [2.45, 2.75) is 45.4 Å². The number of thiophene rings is 1. The van der Waals surface area contributed by atoms with Crippen LogP contribution in [0.15, 0.2) is 18.2 Å². The molecule has 1 aromatic heterocycles. The topological polar surface area (TPSA) is 43.4 Å². The molecular formula is C17H25ClO3S. The van der Waals surface area contributed by atoms with Crippen LogP contribution in [0.25, 0.3) is 6.08 Å². The summed E-state index contributed by atoms with van der Waals surface area (Å²) in [5.41, 5.74) is 0. The summed E-state index contributed by atoms with van der Waals surface area (Å²) >= 11 is 7.16. The molecule has 2 unspecified atom stereocenters. The van der Waals surface area contributed by atoms with Crippen LogP contribution >= 0.6 is 22.9 Å². The molecule has 1 aliphatic rings. The third-order valence-electron chi connectivity index (χ3n) is 2.95. The van der Waals surface area contributed by atoms with Crippen LogP contribution < -0.4 is 0 Å². The zero-order chi connectivity index (χ0) is 17.0. The summed E-state index contributed by atoms with van der Waals surface area (Å²) in [6, 6.07) is 3.67. The molecule has 2 rings (SSSR count). The fourth-order valence-corrected chi connectivity index (χ4v) is 3.15. The first-order chi connectivity index (χ1) is 10.6. The minimum atomic E-state index is -0.268. The molecule has 1 aromatic rings. The average Bonchev–Trinajstić information content (AvgIpc) is 3.18. The quantitative estimate of drug-likeness (QED) is 0.430.